The summed E-state index contributed by atoms with van der Waals surface area (Å²) in [6.45, 7) is 4.64. The summed E-state index contributed by atoms with van der Waals surface area (Å²) in [5, 5.41) is 2.75. The maximum Gasteiger partial charge on any atom is 0.316 e. The Kier molecular flexibility index (Phi) is 6.96. The number of morpholine rings is 1. The average molecular weight is 367 g/mol. The molecule has 0 unspecified atom stereocenters. The summed E-state index contributed by atoms with van der Waals surface area (Å²) in [5.41, 5.74) is 1.67. The smallest absolute Gasteiger partial charge is 0.316 e. The van der Waals surface area contributed by atoms with E-state index in [1.165, 1.54) is 4.90 Å². The molecule has 2 aromatic rings. The van der Waals surface area contributed by atoms with Gasteiger partial charge in [0, 0.05) is 31.9 Å². The number of nitrogens with one attached hydrogen (secondary N) is 1. The van der Waals surface area contributed by atoms with Gasteiger partial charge >= 0.3 is 11.8 Å². The normalized spacial score (nSPS) is 14.5. The number of hydrogen-bond acceptors (Lipinski definition) is 4. The van der Waals surface area contributed by atoms with Crippen LogP contribution in [0.25, 0.3) is 0 Å². The highest BCUT2D eigenvalue weighted by molar-refractivity contribution is 6.40. The third kappa shape index (κ3) is 5.64. The summed E-state index contributed by atoms with van der Waals surface area (Å²) in [6.07, 6.45) is 0. The van der Waals surface area contributed by atoms with Crippen LogP contribution in [-0.2, 0) is 20.9 Å². The van der Waals surface area contributed by atoms with E-state index in [9.17, 15) is 9.59 Å². The number of carbonyl (C=O) groups is 2. The van der Waals surface area contributed by atoms with Crippen molar-refractivity contribution < 1.29 is 14.3 Å². The number of benzene rings is 2. The van der Waals surface area contributed by atoms with Gasteiger partial charge in [-0.3, -0.25) is 19.4 Å². The molecule has 0 bridgehead atoms. The van der Waals surface area contributed by atoms with Crippen molar-refractivity contribution in [3.05, 3.63) is 66.2 Å². The minimum atomic E-state index is -0.581. The van der Waals surface area contributed by atoms with E-state index in [4.69, 9.17) is 4.74 Å². The molecule has 0 saturated carbocycles. The van der Waals surface area contributed by atoms with E-state index < -0.39 is 11.8 Å². The molecule has 142 valence electrons. The quantitative estimate of drug-likeness (QED) is 0.789. The molecule has 1 fully saturated rings. The lowest BCUT2D eigenvalue weighted by Gasteiger charge is -2.27. The van der Waals surface area contributed by atoms with Crippen LogP contribution in [0.3, 0.4) is 0 Å². The van der Waals surface area contributed by atoms with Crippen LogP contribution in [0.5, 0.6) is 0 Å². The first-order chi connectivity index (χ1) is 13.2. The van der Waals surface area contributed by atoms with Crippen LogP contribution in [0, 0.1) is 0 Å². The van der Waals surface area contributed by atoms with E-state index in [1.807, 2.05) is 60.7 Å². The Morgan fingerprint density at radius 3 is 2.26 bits per heavy atom. The third-order valence-corrected chi connectivity index (χ3v) is 4.51. The predicted molar refractivity (Wildman–Crippen MR) is 104 cm³/mol. The Balaban J connectivity index is 1.62. The van der Waals surface area contributed by atoms with Gasteiger partial charge in [-0.1, -0.05) is 48.5 Å². The zero-order valence-corrected chi connectivity index (χ0v) is 15.3. The van der Waals surface area contributed by atoms with Crippen molar-refractivity contribution in [3.63, 3.8) is 0 Å². The molecule has 3 rings (SSSR count). The van der Waals surface area contributed by atoms with Gasteiger partial charge in [0.05, 0.1) is 19.8 Å². The van der Waals surface area contributed by atoms with Crippen molar-refractivity contribution >= 4 is 17.5 Å². The fourth-order valence-corrected chi connectivity index (χ4v) is 3.00. The van der Waals surface area contributed by atoms with Crippen LogP contribution in [0.2, 0.25) is 0 Å². The zero-order chi connectivity index (χ0) is 18.9. The van der Waals surface area contributed by atoms with Gasteiger partial charge in [-0.05, 0) is 17.7 Å². The number of anilines is 1. The SMILES string of the molecule is O=C(NCCN1CCOCC1)C(=O)N(Cc1ccccc1)c1ccccc1. The summed E-state index contributed by atoms with van der Waals surface area (Å²) in [6, 6.07) is 18.9. The number of ether oxygens (including phenoxy) is 1. The molecule has 0 atom stereocenters. The molecule has 1 N–H and O–H groups in total. The summed E-state index contributed by atoms with van der Waals surface area (Å²) >= 11 is 0. The first-order valence-corrected chi connectivity index (χ1v) is 9.23. The number of carbonyl (C=O) groups excluding carboxylic acids is 2. The largest absolute Gasteiger partial charge is 0.379 e. The number of para-hydroxylation sites is 1. The third-order valence-electron chi connectivity index (χ3n) is 4.51. The van der Waals surface area contributed by atoms with E-state index in [1.54, 1.807) is 0 Å². The van der Waals surface area contributed by atoms with Crippen LogP contribution in [0.15, 0.2) is 60.7 Å². The van der Waals surface area contributed by atoms with E-state index in [0.717, 1.165) is 18.7 Å². The Morgan fingerprint density at radius 1 is 0.963 bits per heavy atom. The highest BCUT2D eigenvalue weighted by Crippen LogP contribution is 2.17. The van der Waals surface area contributed by atoms with Crippen molar-refractivity contribution in [2.45, 2.75) is 6.54 Å². The summed E-state index contributed by atoms with van der Waals surface area (Å²) in [7, 11) is 0. The fourth-order valence-electron chi connectivity index (χ4n) is 3.00. The second kappa shape index (κ2) is 9.85. The zero-order valence-electron chi connectivity index (χ0n) is 15.3. The molecule has 6 nitrogen and oxygen atoms in total. The minimum absolute atomic E-state index is 0.348. The lowest BCUT2D eigenvalue weighted by Crippen LogP contribution is -2.46. The van der Waals surface area contributed by atoms with E-state index in [0.29, 0.717) is 38.5 Å². The van der Waals surface area contributed by atoms with Crippen molar-refractivity contribution in [2.75, 3.05) is 44.3 Å². The molecule has 1 aliphatic rings. The molecular formula is C21H25N3O3. The molecular weight excluding hydrogens is 342 g/mol. The van der Waals surface area contributed by atoms with Crippen molar-refractivity contribution in [1.82, 2.24) is 10.2 Å². The van der Waals surface area contributed by atoms with Crippen LogP contribution < -0.4 is 10.2 Å². The minimum Gasteiger partial charge on any atom is -0.379 e. The maximum atomic E-state index is 12.8. The van der Waals surface area contributed by atoms with Gasteiger partial charge in [0.2, 0.25) is 0 Å². The Morgan fingerprint density at radius 2 is 1.59 bits per heavy atom. The van der Waals surface area contributed by atoms with Crippen LogP contribution in [0.1, 0.15) is 5.56 Å². The van der Waals surface area contributed by atoms with Crippen LogP contribution in [0.4, 0.5) is 5.69 Å². The maximum absolute atomic E-state index is 12.8. The first-order valence-electron chi connectivity index (χ1n) is 9.23. The highest BCUT2D eigenvalue weighted by Gasteiger charge is 2.23. The summed E-state index contributed by atoms with van der Waals surface area (Å²) in [4.78, 5) is 29.0. The van der Waals surface area contributed by atoms with Gasteiger partial charge in [-0.15, -0.1) is 0 Å². The molecule has 0 aromatic heterocycles. The van der Waals surface area contributed by atoms with Crippen LogP contribution >= 0.6 is 0 Å². The molecule has 0 radical (unpaired) electrons. The Labute approximate surface area is 159 Å². The van der Waals surface area contributed by atoms with Gasteiger partial charge in [0.1, 0.15) is 0 Å². The van der Waals surface area contributed by atoms with Gasteiger partial charge in [-0.25, -0.2) is 0 Å². The Hall–Kier alpha value is -2.70. The molecule has 1 heterocycles. The number of rotatable bonds is 6. The van der Waals surface area contributed by atoms with E-state index in [-0.39, 0.29) is 0 Å². The number of nitrogens with zero attached hydrogens (tertiary/aromatic N) is 2. The number of amides is 2. The van der Waals surface area contributed by atoms with Crippen molar-refractivity contribution in [3.8, 4) is 0 Å². The van der Waals surface area contributed by atoms with Gasteiger partial charge < -0.3 is 10.1 Å². The highest BCUT2D eigenvalue weighted by atomic mass is 16.5. The summed E-state index contributed by atoms with van der Waals surface area (Å²) in [5.74, 6) is -1.13. The average Bonchev–Trinajstić information content (AvgIpc) is 2.73. The molecule has 0 spiro atoms. The molecule has 0 aliphatic carbocycles. The van der Waals surface area contributed by atoms with E-state index in [2.05, 4.69) is 10.2 Å². The van der Waals surface area contributed by atoms with Gasteiger partial charge in [0.25, 0.3) is 0 Å². The molecule has 1 saturated heterocycles. The number of hydrogen-bond donors (Lipinski definition) is 1. The molecule has 27 heavy (non-hydrogen) atoms. The fraction of sp³-hybridized carbons (Fsp3) is 0.333. The van der Waals surface area contributed by atoms with Gasteiger partial charge in [0.15, 0.2) is 0 Å². The van der Waals surface area contributed by atoms with Gasteiger partial charge in [-0.2, -0.15) is 0 Å². The van der Waals surface area contributed by atoms with Crippen LogP contribution in [-0.4, -0.2) is 56.1 Å². The van der Waals surface area contributed by atoms with E-state index >= 15 is 0 Å². The standard InChI is InChI=1S/C21H25N3O3/c25-20(22-11-12-23-13-15-27-16-14-23)21(26)24(19-9-5-2-6-10-19)17-18-7-3-1-4-8-18/h1-10H,11-17H2,(H,22,25). The van der Waals surface area contributed by atoms with Crippen molar-refractivity contribution in [1.29, 1.82) is 0 Å². The lowest BCUT2D eigenvalue weighted by molar-refractivity contribution is -0.137. The molecule has 2 aromatic carbocycles. The second-order valence-corrected chi connectivity index (χ2v) is 6.42. The topological polar surface area (TPSA) is 61.9 Å². The predicted octanol–water partition coefficient (Wildman–Crippen LogP) is 1.67. The molecule has 6 heteroatoms. The van der Waals surface area contributed by atoms with Crippen molar-refractivity contribution in [2.24, 2.45) is 0 Å². The molecule has 2 amide bonds. The second-order valence-electron chi connectivity index (χ2n) is 6.42. The first kappa shape index (κ1) is 19.1. The summed E-state index contributed by atoms with van der Waals surface area (Å²) < 4.78 is 5.31. The molecule has 1 aliphatic heterocycles. The Bertz CT molecular complexity index is 731. The monoisotopic (exact) mass is 367 g/mol. The lowest BCUT2D eigenvalue weighted by atomic mass is 10.2.